The van der Waals surface area contributed by atoms with Gasteiger partial charge in [-0.1, -0.05) is 42.0 Å². The standard InChI is InChI=1S/C23H22O3S/c1-12-2-8-17(9-3-12)27(26)23-16-7-6-15(11-16)20(23)21(24)18-13-4-5-14(10-13)19(18)22(23)25/h2-9,13-16,18-20H,10-11H2,1H3/t13-,14+,15-,16+,18-,19+,20+,23-,27+/m1/s1. The van der Waals surface area contributed by atoms with Crippen LogP contribution in [0.2, 0.25) is 0 Å². The molecule has 0 N–H and O–H groups in total. The van der Waals surface area contributed by atoms with E-state index in [1.807, 2.05) is 31.2 Å². The van der Waals surface area contributed by atoms with Crippen molar-refractivity contribution in [3.63, 3.8) is 0 Å². The van der Waals surface area contributed by atoms with Crippen LogP contribution in [0, 0.1) is 48.3 Å². The maximum Gasteiger partial charge on any atom is 0.157 e. The largest absolute Gasteiger partial charge is 0.299 e. The molecule has 0 heterocycles. The van der Waals surface area contributed by atoms with E-state index >= 15 is 0 Å². The zero-order valence-electron chi connectivity index (χ0n) is 15.2. The summed E-state index contributed by atoms with van der Waals surface area (Å²) in [5.74, 6) is -0.133. The second-order valence-corrected chi connectivity index (χ2v) is 10.7. The van der Waals surface area contributed by atoms with Crippen LogP contribution in [0.1, 0.15) is 18.4 Å². The Balaban J connectivity index is 1.54. The second kappa shape index (κ2) is 5.16. The van der Waals surface area contributed by atoms with Crippen molar-refractivity contribution in [3.8, 4) is 0 Å². The molecule has 4 heteroatoms. The third kappa shape index (κ3) is 1.76. The number of benzene rings is 1. The lowest BCUT2D eigenvalue weighted by Gasteiger charge is -2.48. The van der Waals surface area contributed by atoms with Crippen molar-refractivity contribution in [2.24, 2.45) is 41.4 Å². The van der Waals surface area contributed by atoms with Gasteiger partial charge in [0, 0.05) is 28.6 Å². The molecule has 0 radical (unpaired) electrons. The lowest BCUT2D eigenvalue weighted by molar-refractivity contribution is -0.146. The van der Waals surface area contributed by atoms with E-state index in [4.69, 9.17) is 0 Å². The van der Waals surface area contributed by atoms with Crippen molar-refractivity contribution < 1.29 is 13.8 Å². The van der Waals surface area contributed by atoms with E-state index in [0.29, 0.717) is 4.90 Å². The molecule has 1 aromatic rings. The van der Waals surface area contributed by atoms with Crippen LogP contribution in [0.4, 0.5) is 0 Å². The van der Waals surface area contributed by atoms with Gasteiger partial charge in [-0.2, -0.15) is 0 Å². The lowest BCUT2D eigenvalue weighted by atomic mass is 9.60. The number of rotatable bonds is 2. The van der Waals surface area contributed by atoms with Gasteiger partial charge in [0.2, 0.25) is 0 Å². The highest BCUT2D eigenvalue weighted by molar-refractivity contribution is 7.87. The quantitative estimate of drug-likeness (QED) is 0.743. The molecule has 27 heavy (non-hydrogen) atoms. The summed E-state index contributed by atoms with van der Waals surface area (Å²) in [4.78, 5) is 28.3. The lowest BCUT2D eigenvalue weighted by Crippen LogP contribution is -2.64. The Hall–Kier alpha value is -1.81. The van der Waals surface area contributed by atoms with Crippen LogP contribution in [0.3, 0.4) is 0 Å². The fourth-order valence-electron chi connectivity index (χ4n) is 6.84. The first-order valence-electron chi connectivity index (χ1n) is 9.96. The number of Topliss-reactive ketones (excluding diaryl/α,β-unsaturated/α-hetero) is 2. The first-order chi connectivity index (χ1) is 13.0. The molecule has 0 aromatic heterocycles. The summed E-state index contributed by atoms with van der Waals surface area (Å²) in [7, 11) is -1.51. The topological polar surface area (TPSA) is 51.2 Å². The Morgan fingerprint density at radius 2 is 1.56 bits per heavy atom. The molecule has 0 saturated heterocycles. The summed E-state index contributed by atoms with van der Waals surface area (Å²) in [6.07, 6.45) is 10.2. The van der Waals surface area contributed by atoms with Crippen molar-refractivity contribution >= 4 is 22.4 Å². The van der Waals surface area contributed by atoms with E-state index in [9.17, 15) is 13.8 Å². The van der Waals surface area contributed by atoms with E-state index in [0.717, 1.165) is 18.4 Å². The minimum absolute atomic E-state index is 0.0739. The molecule has 0 unspecified atom stereocenters. The molecule has 4 bridgehead atoms. The molecule has 9 atom stereocenters. The zero-order chi connectivity index (χ0) is 18.5. The Morgan fingerprint density at radius 1 is 0.889 bits per heavy atom. The highest BCUT2D eigenvalue weighted by Gasteiger charge is 2.73. The molecule has 1 aromatic carbocycles. The van der Waals surface area contributed by atoms with Gasteiger partial charge in [-0.05, 0) is 49.7 Å². The predicted octanol–water partition coefficient (Wildman–Crippen LogP) is 3.25. The van der Waals surface area contributed by atoms with Gasteiger partial charge in [-0.25, -0.2) is 0 Å². The summed E-state index contributed by atoms with van der Waals surface area (Å²) in [6.45, 7) is 2.00. The van der Waals surface area contributed by atoms with Crippen LogP contribution in [-0.4, -0.2) is 20.5 Å². The minimum atomic E-state index is -1.51. The summed E-state index contributed by atoms with van der Waals surface area (Å²) < 4.78 is 12.9. The monoisotopic (exact) mass is 378 g/mol. The number of carbonyl (C=O) groups excluding carboxylic acids is 2. The van der Waals surface area contributed by atoms with Gasteiger partial charge in [0.25, 0.3) is 0 Å². The fraction of sp³-hybridized carbons (Fsp3) is 0.478. The Kier molecular flexibility index (Phi) is 3.09. The van der Waals surface area contributed by atoms with Crippen LogP contribution < -0.4 is 0 Å². The summed E-state index contributed by atoms with van der Waals surface area (Å²) in [6, 6.07) is 7.63. The summed E-state index contributed by atoms with van der Waals surface area (Å²) >= 11 is 0. The van der Waals surface area contributed by atoms with Crippen molar-refractivity contribution in [2.75, 3.05) is 0 Å². The number of carbonyl (C=O) groups is 2. The van der Waals surface area contributed by atoms with E-state index < -0.39 is 21.5 Å². The molecule has 3 fully saturated rings. The zero-order valence-corrected chi connectivity index (χ0v) is 16.0. The molecule has 0 amide bonds. The first kappa shape index (κ1) is 16.2. The van der Waals surface area contributed by atoms with Gasteiger partial charge < -0.3 is 0 Å². The molecule has 3 saturated carbocycles. The highest BCUT2D eigenvalue weighted by Crippen LogP contribution is 2.64. The van der Waals surface area contributed by atoms with Crippen LogP contribution in [0.5, 0.6) is 0 Å². The number of aryl methyl sites for hydroxylation is 1. The van der Waals surface area contributed by atoms with Gasteiger partial charge in [-0.3, -0.25) is 13.8 Å². The first-order valence-corrected chi connectivity index (χ1v) is 11.1. The third-order valence-corrected chi connectivity index (χ3v) is 9.95. The molecule has 5 aliphatic rings. The molecule has 6 rings (SSSR count). The molecule has 0 spiro atoms. The number of allylic oxidation sites excluding steroid dienone is 4. The maximum atomic E-state index is 14.0. The molecule has 5 aliphatic carbocycles. The Labute approximate surface area is 161 Å². The summed E-state index contributed by atoms with van der Waals surface area (Å²) in [5, 5.41) is 0. The molecule has 0 aliphatic heterocycles. The van der Waals surface area contributed by atoms with Gasteiger partial charge in [-0.15, -0.1) is 0 Å². The van der Waals surface area contributed by atoms with Gasteiger partial charge in [0.05, 0.1) is 10.8 Å². The van der Waals surface area contributed by atoms with Crippen LogP contribution in [0.15, 0.2) is 53.5 Å². The van der Waals surface area contributed by atoms with E-state index in [2.05, 4.69) is 24.3 Å². The van der Waals surface area contributed by atoms with Crippen LogP contribution in [0.25, 0.3) is 0 Å². The minimum Gasteiger partial charge on any atom is -0.299 e. The van der Waals surface area contributed by atoms with E-state index in [-0.39, 0.29) is 47.1 Å². The maximum absolute atomic E-state index is 14.0. The van der Waals surface area contributed by atoms with Crippen molar-refractivity contribution in [1.82, 2.24) is 0 Å². The number of hydrogen-bond donors (Lipinski definition) is 0. The Morgan fingerprint density at radius 3 is 2.30 bits per heavy atom. The van der Waals surface area contributed by atoms with Crippen molar-refractivity contribution in [2.45, 2.75) is 29.4 Å². The Bertz CT molecular complexity index is 958. The van der Waals surface area contributed by atoms with Crippen molar-refractivity contribution in [1.29, 1.82) is 0 Å². The summed E-state index contributed by atoms with van der Waals surface area (Å²) in [5.41, 5.74) is 1.10. The normalized spacial score (nSPS) is 46.8. The van der Waals surface area contributed by atoms with Crippen LogP contribution in [-0.2, 0) is 20.4 Å². The predicted molar refractivity (Wildman–Crippen MR) is 102 cm³/mol. The van der Waals surface area contributed by atoms with Gasteiger partial charge >= 0.3 is 0 Å². The number of fused-ring (bicyclic) bond motifs is 10. The van der Waals surface area contributed by atoms with Crippen LogP contribution >= 0.6 is 0 Å². The van der Waals surface area contributed by atoms with E-state index in [1.54, 1.807) is 0 Å². The second-order valence-electron chi connectivity index (χ2n) is 9.01. The smallest absolute Gasteiger partial charge is 0.157 e. The molecule has 138 valence electrons. The average Bonchev–Trinajstić information content (AvgIpc) is 3.45. The van der Waals surface area contributed by atoms with Gasteiger partial charge in [0.1, 0.15) is 10.5 Å². The molecule has 3 nitrogen and oxygen atoms in total. The fourth-order valence-corrected chi connectivity index (χ4v) is 8.90. The highest BCUT2D eigenvalue weighted by atomic mass is 32.2. The SMILES string of the molecule is Cc1ccc([S@](=O)[C@@]23C(=O)[C@@H]4[C@H](C(=O)[C@@H]2[C@@H]2C=C[C@H]3C2)[C@@H]2C=C[C@H]4C2)cc1. The molecular formula is C23H22O3S. The number of ketones is 2. The van der Waals surface area contributed by atoms with E-state index in [1.165, 1.54) is 0 Å². The number of hydrogen-bond acceptors (Lipinski definition) is 3. The molecular weight excluding hydrogens is 356 g/mol. The van der Waals surface area contributed by atoms with Gasteiger partial charge in [0.15, 0.2) is 5.78 Å². The average molecular weight is 378 g/mol. The van der Waals surface area contributed by atoms with Crippen molar-refractivity contribution in [3.05, 3.63) is 54.1 Å². The third-order valence-electron chi connectivity index (χ3n) is 7.88.